The lowest BCUT2D eigenvalue weighted by Gasteiger charge is -2.01. The van der Waals surface area contributed by atoms with Crippen LogP contribution in [-0.2, 0) is 0 Å². The van der Waals surface area contributed by atoms with Gasteiger partial charge in [0.05, 0.1) is 0 Å². The first-order chi connectivity index (χ1) is 7.31. The van der Waals surface area contributed by atoms with Crippen molar-refractivity contribution in [3.63, 3.8) is 0 Å². The third-order valence-corrected chi connectivity index (χ3v) is 2.05. The molecular formula is C12H8FNO. The van der Waals surface area contributed by atoms with Crippen molar-refractivity contribution in [1.82, 2.24) is 4.98 Å². The van der Waals surface area contributed by atoms with Gasteiger partial charge >= 0.3 is 0 Å². The van der Waals surface area contributed by atoms with Crippen molar-refractivity contribution in [3.8, 4) is 11.3 Å². The Kier molecular flexibility index (Phi) is 2.54. The van der Waals surface area contributed by atoms with Crippen molar-refractivity contribution in [2.24, 2.45) is 0 Å². The molecular weight excluding hydrogens is 193 g/mol. The largest absolute Gasteiger partial charge is 0.298 e. The van der Waals surface area contributed by atoms with E-state index in [2.05, 4.69) is 4.98 Å². The van der Waals surface area contributed by atoms with Crippen LogP contribution in [0.15, 0.2) is 42.6 Å². The Labute approximate surface area is 86.4 Å². The second-order valence-electron chi connectivity index (χ2n) is 3.08. The Morgan fingerprint density at radius 3 is 2.53 bits per heavy atom. The van der Waals surface area contributed by atoms with Gasteiger partial charge in [-0.15, -0.1) is 0 Å². The van der Waals surface area contributed by atoms with E-state index in [-0.39, 0.29) is 11.3 Å². The van der Waals surface area contributed by atoms with Crippen LogP contribution >= 0.6 is 0 Å². The number of pyridine rings is 1. The van der Waals surface area contributed by atoms with E-state index < -0.39 is 5.82 Å². The van der Waals surface area contributed by atoms with Gasteiger partial charge < -0.3 is 0 Å². The standard InChI is InChI=1S/C12H8FNO/c13-11-6-9(8-15)7-14-12(11)10-4-2-1-3-5-10/h1-8H. The van der Waals surface area contributed by atoms with E-state index in [0.717, 1.165) is 0 Å². The average Bonchev–Trinajstić information content (AvgIpc) is 2.30. The van der Waals surface area contributed by atoms with Gasteiger partial charge in [0, 0.05) is 17.3 Å². The number of aldehydes is 1. The van der Waals surface area contributed by atoms with Crippen LogP contribution in [0.4, 0.5) is 4.39 Å². The summed E-state index contributed by atoms with van der Waals surface area (Å²) in [6.07, 6.45) is 1.93. The maximum atomic E-state index is 13.5. The van der Waals surface area contributed by atoms with Gasteiger partial charge in [-0.1, -0.05) is 30.3 Å². The summed E-state index contributed by atoms with van der Waals surface area (Å²) in [5.74, 6) is -0.481. The number of halogens is 1. The number of aromatic nitrogens is 1. The number of benzene rings is 1. The zero-order chi connectivity index (χ0) is 10.7. The summed E-state index contributed by atoms with van der Waals surface area (Å²) in [6.45, 7) is 0. The van der Waals surface area contributed by atoms with E-state index in [1.807, 2.05) is 18.2 Å². The van der Waals surface area contributed by atoms with Gasteiger partial charge in [0.2, 0.25) is 0 Å². The lowest BCUT2D eigenvalue weighted by atomic mass is 10.1. The van der Waals surface area contributed by atoms with E-state index in [1.165, 1.54) is 12.3 Å². The lowest BCUT2D eigenvalue weighted by molar-refractivity contribution is 0.112. The molecule has 1 heterocycles. The van der Waals surface area contributed by atoms with Crippen LogP contribution in [0.3, 0.4) is 0 Å². The predicted molar refractivity (Wildman–Crippen MR) is 55.0 cm³/mol. The van der Waals surface area contributed by atoms with Gasteiger partial charge in [-0.25, -0.2) is 4.39 Å². The molecule has 0 amide bonds. The Balaban J connectivity index is 2.51. The van der Waals surface area contributed by atoms with Gasteiger partial charge in [0.15, 0.2) is 6.29 Å². The summed E-state index contributed by atoms with van der Waals surface area (Å²) in [5.41, 5.74) is 1.21. The van der Waals surface area contributed by atoms with Crippen molar-refractivity contribution >= 4 is 6.29 Å². The molecule has 0 saturated heterocycles. The number of hydrogen-bond acceptors (Lipinski definition) is 2. The van der Waals surface area contributed by atoms with Gasteiger partial charge in [0.1, 0.15) is 11.5 Å². The fraction of sp³-hybridized carbons (Fsp3) is 0. The normalized spacial score (nSPS) is 9.93. The SMILES string of the molecule is O=Cc1cnc(-c2ccccc2)c(F)c1. The molecule has 2 rings (SSSR count). The first-order valence-electron chi connectivity index (χ1n) is 4.47. The second-order valence-corrected chi connectivity index (χ2v) is 3.08. The van der Waals surface area contributed by atoms with Crippen molar-refractivity contribution in [3.05, 3.63) is 54.0 Å². The molecule has 0 radical (unpaired) electrons. The Bertz CT molecular complexity index is 482. The van der Waals surface area contributed by atoms with Crippen LogP contribution in [0.1, 0.15) is 10.4 Å². The first kappa shape index (κ1) is 9.52. The second kappa shape index (κ2) is 4.00. The monoisotopic (exact) mass is 201 g/mol. The molecule has 0 aliphatic carbocycles. The Morgan fingerprint density at radius 1 is 1.20 bits per heavy atom. The van der Waals surface area contributed by atoms with Crippen LogP contribution in [0.25, 0.3) is 11.3 Å². The minimum absolute atomic E-state index is 0.243. The highest BCUT2D eigenvalue weighted by molar-refractivity contribution is 5.75. The number of carbonyl (C=O) groups is 1. The van der Waals surface area contributed by atoms with Gasteiger partial charge in [-0.05, 0) is 6.07 Å². The number of carbonyl (C=O) groups excluding carboxylic acids is 1. The van der Waals surface area contributed by atoms with E-state index >= 15 is 0 Å². The third-order valence-electron chi connectivity index (χ3n) is 2.05. The van der Waals surface area contributed by atoms with Crippen molar-refractivity contribution < 1.29 is 9.18 Å². The molecule has 0 bridgehead atoms. The van der Waals surface area contributed by atoms with Crippen molar-refractivity contribution in [1.29, 1.82) is 0 Å². The van der Waals surface area contributed by atoms with Gasteiger partial charge in [0.25, 0.3) is 0 Å². The summed E-state index contributed by atoms with van der Waals surface area (Å²) in [7, 11) is 0. The molecule has 0 N–H and O–H groups in total. The van der Waals surface area contributed by atoms with E-state index in [0.29, 0.717) is 11.8 Å². The first-order valence-corrected chi connectivity index (χ1v) is 4.47. The smallest absolute Gasteiger partial charge is 0.151 e. The summed E-state index contributed by atoms with van der Waals surface area (Å²) in [5, 5.41) is 0. The highest BCUT2D eigenvalue weighted by atomic mass is 19.1. The molecule has 0 unspecified atom stereocenters. The molecule has 2 aromatic rings. The number of rotatable bonds is 2. The molecule has 1 aromatic heterocycles. The van der Waals surface area contributed by atoms with E-state index in [4.69, 9.17) is 0 Å². The number of nitrogens with zero attached hydrogens (tertiary/aromatic N) is 1. The molecule has 1 aromatic carbocycles. The fourth-order valence-electron chi connectivity index (χ4n) is 1.33. The van der Waals surface area contributed by atoms with Crippen LogP contribution in [0.5, 0.6) is 0 Å². The Morgan fingerprint density at radius 2 is 1.93 bits per heavy atom. The molecule has 15 heavy (non-hydrogen) atoms. The van der Waals surface area contributed by atoms with E-state index in [1.54, 1.807) is 12.1 Å². The molecule has 0 spiro atoms. The zero-order valence-corrected chi connectivity index (χ0v) is 7.85. The lowest BCUT2D eigenvalue weighted by Crippen LogP contribution is -1.92. The minimum Gasteiger partial charge on any atom is -0.298 e. The summed E-state index contributed by atoms with van der Waals surface area (Å²) in [6, 6.07) is 10.2. The van der Waals surface area contributed by atoms with Crippen molar-refractivity contribution in [2.45, 2.75) is 0 Å². The molecule has 0 aliphatic heterocycles. The fourth-order valence-corrected chi connectivity index (χ4v) is 1.33. The maximum absolute atomic E-state index is 13.5. The molecule has 2 nitrogen and oxygen atoms in total. The van der Waals surface area contributed by atoms with Crippen LogP contribution < -0.4 is 0 Å². The maximum Gasteiger partial charge on any atom is 0.151 e. The molecule has 3 heteroatoms. The van der Waals surface area contributed by atoms with Gasteiger partial charge in [-0.3, -0.25) is 9.78 Å². The molecule has 0 atom stereocenters. The van der Waals surface area contributed by atoms with Gasteiger partial charge in [-0.2, -0.15) is 0 Å². The summed E-state index contributed by atoms with van der Waals surface area (Å²) >= 11 is 0. The zero-order valence-electron chi connectivity index (χ0n) is 7.85. The average molecular weight is 201 g/mol. The van der Waals surface area contributed by atoms with Crippen LogP contribution in [0, 0.1) is 5.82 Å². The summed E-state index contributed by atoms with van der Waals surface area (Å²) < 4.78 is 13.5. The Hall–Kier alpha value is -2.03. The molecule has 0 saturated carbocycles. The number of hydrogen-bond donors (Lipinski definition) is 0. The molecule has 0 aliphatic rings. The van der Waals surface area contributed by atoms with Crippen LogP contribution in [0.2, 0.25) is 0 Å². The minimum atomic E-state index is -0.481. The van der Waals surface area contributed by atoms with E-state index in [9.17, 15) is 9.18 Å². The van der Waals surface area contributed by atoms with Crippen LogP contribution in [-0.4, -0.2) is 11.3 Å². The highest BCUT2D eigenvalue weighted by Crippen LogP contribution is 2.19. The predicted octanol–water partition coefficient (Wildman–Crippen LogP) is 2.70. The quantitative estimate of drug-likeness (QED) is 0.699. The van der Waals surface area contributed by atoms with Crippen molar-refractivity contribution in [2.75, 3.05) is 0 Å². The molecule has 74 valence electrons. The third kappa shape index (κ3) is 1.91. The summed E-state index contributed by atoms with van der Waals surface area (Å²) in [4.78, 5) is 14.3. The topological polar surface area (TPSA) is 30.0 Å². The molecule has 0 fully saturated rings. The highest BCUT2D eigenvalue weighted by Gasteiger charge is 2.06.